The molecule has 0 radical (unpaired) electrons. The van der Waals surface area contributed by atoms with Crippen molar-refractivity contribution in [2.24, 2.45) is 0 Å². The maximum Gasteiger partial charge on any atom is 0.0788 e. The molecule has 5 nitrogen and oxygen atoms in total. The first-order valence-corrected chi connectivity index (χ1v) is 19.8. The number of para-hydroxylation sites is 5. The number of benzene rings is 8. The van der Waals surface area contributed by atoms with Crippen LogP contribution in [0, 0.1) is 0 Å². The van der Waals surface area contributed by atoms with Crippen LogP contribution in [0.3, 0.4) is 0 Å². The average Bonchev–Trinajstić information content (AvgIpc) is 4.01. The summed E-state index contributed by atoms with van der Waals surface area (Å²) < 4.78 is 9.71. The van der Waals surface area contributed by atoms with E-state index in [9.17, 15) is 0 Å². The monoisotopic (exact) mass is 739 g/mol. The fraction of sp³-hybridized carbons (Fsp3) is 0. The second-order valence-electron chi connectivity index (χ2n) is 15.2. The van der Waals surface area contributed by atoms with Crippen LogP contribution in [0.2, 0.25) is 0 Å². The van der Waals surface area contributed by atoms with E-state index < -0.39 is 0 Å². The van der Waals surface area contributed by atoms with Gasteiger partial charge >= 0.3 is 0 Å². The van der Waals surface area contributed by atoms with Gasteiger partial charge in [-0.15, -0.1) is 0 Å². The Hall–Kier alpha value is -7.89. The van der Waals surface area contributed by atoms with Crippen LogP contribution in [0.4, 0.5) is 0 Å². The van der Waals surface area contributed by atoms with Gasteiger partial charge in [0, 0.05) is 72.0 Å². The quantitative estimate of drug-likeness (QED) is 0.177. The molecule has 0 aliphatic carbocycles. The molecule has 5 aromatic heterocycles. The summed E-state index contributed by atoms with van der Waals surface area (Å²) in [5.41, 5.74) is 13.9. The lowest BCUT2D eigenvalue weighted by molar-refractivity contribution is 1.14. The smallest absolute Gasteiger partial charge is 0.0788 e. The molecule has 0 fully saturated rings. The summed E-state index contributed by atoms with van der Waals surface area (Å²) >= 11 is 0. The first-order chi connectivity index (χ1) is 28.8. The molecule has 0 saturated heterocycles. The second-order valence-corrected chi connectivity index (χ2v) is 15.2. The molecule has 13 aromatic rings. The molecule has 0 aliphatic rings. The SMILES string of the molecule is c1ccc(-n2c3ccccc3c3cc(-n4c5ccccc5c5ccc6c7ccccc7n(-c7ccc8c(c7)c7ccncc7n8-c7ccccc7)c6c54)ccc32)cc1. The Morgan fingerprint density at radius 2 is 0.655 bits per heavy atom. The van der Waals surface area contributed by atoms with Crippen molar-refractivity contribution in [3.8, 4) is 22.7 Å². The van der Waals surface area contributed by atoms with Crippen LogP contribution in [0.25, 0.3) is 110 Å². The highest BCUT2D eigenvalue weighted by Crippen LogP contribution is 2.43. The molecule has 5 heteroatoms. The molecule has 0 atom stereocenters. The Balaban J connectivity index is 1.15. The Labute approximate surface area is 332 Å². The molecule has 0 N–H and O–H groups in total. The topological polar surface area (TPSA) is 32.6 Å². The molecule has 270 valence electrons. The third kappa shape index (κ3) is 4.22. The molecule has 0 spiro atoms. The van der Waals surface area contributed by atoms with E-state index in [0.717, 1.165) is 33.8 Å². The predicted molar refractivity (Wildman–Crippen MR) is 242 cm³/mol. The largest absolute Gasteiger partial charge is 0.309 e. The molecular formula is C53H33N5. The van der Waals surface area contributed by atoms with Crippen molar-refractivity contribution >= 4 is 87.2 Å². The van der Waals surface area contributed by atoms with E-state index >= 15 is 0 Å². The molecular weight excluding hydrogens is 707 g/mol. The zero-order chi connectivity index (χ0) is 37.9. The summed E-state index contributed by atoms with van der Waals surface area (Å²) in [5.74, 6) is 0. The Bertz CT molecular complexity index is 3540. The number of nitrogens with zero attached hydrogens (tertiary/aromatic N) is 5. The van der Waals surface area contributed by atoms with Crippen LogP contribution < -0.4 is 0 Å². The fourth-order valence-electron chi connectivity index (χ4n) is 9.84. The van der Waals surface area contributed by atoms with Gasteiger partial charge in [-0.25, -0.2) is 0 Å². The molecule has 13 rings (SSSR count). The van der Waals surface area contributed by atoms with Crippen molar-refractivity contribution in [1.82, 2.24) is 23.3 Å². The van der Waals surface area contributed by atoms with E-state index in [0.29, 0.717) is 0 Å². The van der Waals surface area contributed by atoms with Gasteiger partial charge in [0.15, 0.2) is 0 Å². The minimum Gasteiger partial charge on any atom is -0.309 e. The van der Waals surface area contributed by atoms with Gasteiger partial charge in [0.05, 0.1) is 50.3 Å². The second kappa shape index (κ2) is 11.8. The molecule has 0 unspecified atom stereocenters. The van der Waals surface area contributed by atoms with E-state index in [2.05, 4.69) is 211 Å². The number of aromatic nitrogens is 5. The molecule has 0 amide bonds. The van der Waals surface area contributed by atoms with E-state index in [1.165, 1.54) is 76.2 Å². The van der Waals surface area contributed by atoms with Gasteiger partial charge in [-0.2, -0.15) is 0 Å². The van der Waals surface area contributed by atoms with Crippen molar-refractivity contribution in [3.63, 3.8) is 0 Å². The van der Waals surface area contributed by atoms with Gasteiger partial charge in [0.2, 0.25) is 0 Å². The molecule has 5 heterocycles. The summed E-state index contributed by atoms with van der Waals surface area (Å²) in [7, 11) is 0. The Morgan fingerprint density at radius 1 is 0.259 bits per heavy atom. The van der Waals surface area contributed by atoms with Crippen LogP contribution in [-0.4, -0.2) is 23.3 Å². The summed E-state index contributed by atoms with van der Waals surface area (Å²) in [6.07, 6.45) is 3.89. The van der Waals surface area contributed by atoms with Gasteiger partial charge in [0.1, 0.15) is 0 Å². The first-order valence-electron chi connectivity index (χ1n) is 19.8. The van der Waals surface area contributed by atoms with Crippen LogP contribution in [-0.2, 0) is 0 Å². The lowest BCUT2D eigenvalue weighted by atomic mass is 10.1. The highest BCUT2D eigenvalue weighted by Gasteiger charge is 2.23. The van der Waals surface area contributed by atoms with Crippen LogP contribution in [0.1, 0.15) is 0 Å². The summed E-state index contributed by atoms with van der Waals surface area (Å²) in [6.45, 7) is 0. The first kappa shape index (κ1) is 31.3. The van der Waals surface area contributed by atoms with E-state index in [-0.39, 0.29) is 0 Å². The summed E-state index contributed by atoms with van der Waals surface area (Å²) in [5, 5.41) is 9.75. The van der Waals surface area contributed by atoms with Crippen molar-refractivity contribution < 1.29 is 0 Å². The van der Waals surface area contributed by atoms with Crippen molar-refractivity contribution in [2.45, 2.75) is 0 Å². The van der Waals surface area contributed by atoms with Crippen LogP contribution in [0.5, 0.6) is 0 Å². The highest BCUT2D eigenvalue weighted by molar-refractivity contribution is 6.24. The third-order valence-electron chi connectivity index (χ3n) is 12.2. The zero-order valence-corrected chi connectivity index (χ0v) is 31.3. The minimum absolute atomic E-state index is 1.09. The van der Waals surface area contributed by atoms with Crippen molar-refractivity contribution in [1.29, 1.82) is 0 Å². The molecule has 0 saturated carbocycles. The van der Waals surface area contributed by atoms with Gasteiger partial charge in [-0.3, -0.25) is 4.98 Å². The fourth-order valence-corrected chi connectivity index (χ4v) is 9.84. The summed E-state index contributed by atoms with van der Waals surface area (Å²) in [4.78, 5) is 4.56. The molecule has 8 aromatic carbocycles. The zero-order valence-electron chi connectivity index (χ0n) is 31.3. The maximum absolute atomic E-state index is 4.56. The normalized spacial score (nSPS) is 12.1. The molecule has 0 aliphatic heterocycles. The maximum atomic E-state index is 4.56. The number of hydrogen-bond donors (Lipinski definition) is 0. The van der Waals surface area contributed by atoms with Gasteiger partial charge in [-0.1, -0.05) is 103 Å². The number of fused-ring (bicyclic) bond motifs is 13. The van der Waals surface area contributed by atoms with E-state index in [1.54, 1.807) is 0 Å². The van der Waals surface area contributed by atoms with Crippen LogP contribution in [0.15, 0.2) is 200 Å². The average molecular weight is 740 g/mol. The third-order valence-corrected chi connectivity index (χ3v) is 12.2. The van der Waals surface area contributed by atoms with E-state index in [4.69, 9.17) is 0 Å². The van der Waals surface area contributed by atoms with Crippen LogP contribution >= 0.6 is 0 Å². The Kier molecular flexibility index (Phi) is 6.38. The Morgan fingerprint density at radius 3 is 1.17 bits per heavy atom. The van der Waals surface area contributed by atoms with Gasteiger partial charge < -0.3 is 18.3 Å². The lowest BCUT2D eigenvalue weighted by Crippen LogP contribution is -1.99. The standard InChI is InChI=1S/C53H33N5/c1-3-13-34(14-4-1)55-46-20-10-9-19-40(46)44-31-36(23-27-49(44)55)57-47-21-11-7-17-38(47)42-25-26-43-39-18-8-12-22-48(39)58(53(43)52(42)57)37-24-28-50-45(32-37)41-29-30-54-33-51(41)56(50)35-15-5-2-6-16-35/h1-33H. The van der Waals surface area contributed by atoms with Crippen molar-refractivity contribution in [2.75, 3.05) is 0 Å². The molecule has 0 bridgehead atoms. The van der Waals surface area contributed by atoms with Crippen molar-refractivity contribution in [3.05, 3.63) is 200 Å². The van der Waals surface area contributed by atoms with E-state index in [1.807, 2.05) is 12.4 Å². The minimum atomic E-state index is 1.09. The summed E-state index contributed by atoms with van der Waals surface area (Å²) in [6, 6.07) is 68.5. The number of rotatable bonds is 4. The number of pyridine rings is 1. The van der Waals surface area contributed by atoms with Gasteiger partial charge in [0.25, 0.3) is 0 Å². The van der Waals surface area contributed by atoms with Gasteiger partial charge in [-0.05, 0) is 84.9 Å². The number of hydrogen-bond acceptors (Lipinski definition) is 1. The lowest BCUT2D eigenvalue weighted by Gasteiger charge is -2.14. The molecule has 58 heavy (non-hydrogen) atoms. The predicted octanol–water partition coefficient (Wildman–Crippen LogP) is 13.5. The highest BCUT2D eigenvalue weighted by atomic mass is 15.1.